The van der Waals surface area contributed by atoms with Crippen LogP contribution < -0.4 is 0 Å². The van der Waals surface area contributed by atoms with E-state index in [0.29, 0.717) is 13.2 Å². The molecule has 0 atom stereocenters. The van der Waals surface area contributed by atoms with Crippen molar-refractivity contribution in [2.24, 2.45) is 0 Å². The van der Waals surface area contributed by atoms with Gasteiger partial charge in [0.2, 0.25) is 0 Å². The Morgan fingerprint density at radius 3 is 2.00 bits per heavy atom. The predicted molar refractivity (Wildman–Crippen MR) is 97.7 cm³/mol. The molecular weight excluding hydrogens is 324 g/mol. The molecule has 0 aromatic heterocycles. The Bertz CT molecular complexity index is 523. The lowest BCUT2D eigenvalue weighted by atomic mass is 10.1. The Morgan fingerprint density at radius 2 is 1.38 bits per heavy atom. The number of rotatable bonds is 14. The lowest BCUT2D eigenvalue weighted by Crippen LogP contribution is -2.12. The molecule has 138 valence electrons. The maximum Gasteiger partial charge on any atom is 0.297 e. The minimum Gasteiger partial charge on any atom is -0.379 e. The maximum atomic E-state index is 11.9. The summed E-state index contributed by atoms with van der Waals surface area (Å²) >= 11 is 0. The minimum absolute atomic E-state index is 0.0627. The monoisotopic (exact) mass is 356 g/mol. The molecule has 1 aromatic carbocycles. The molecule has 0 saturated heterocycles. The van der Waals surface area contributed by atoms with Gasteiger partial charge in [-0.25, -0.2) is 0 Å². The van der Waals surface area contributed by atoms with Crippen molar-refractivity contribution in [3.8, 4) is 0 Å². The van der Waals surface area contributed by atoms with Crippen molar-refractivity contribution >= 4 is 10.1 Å². The van der Waals surface area contributed by atoms with Crippen molar-refractivity contribution in [3.63, 3.8) is 0 Å². The van der Waals surface area contributed by atoms with E-state index >= 15 is 0 Å². The predicted octanol–water partition coefficient (Wildman–Crippen LogP) is 4.86. The molecule has 5 heteroatoms. The molecule has 0 unspecified atom stereocenters. The van der Waals surface area contributed by atoms with Crippen LogP contribution in [0.1, 0.15) is 63.9 Å². The summed E-state index contributed by atoms with van der Waals surface area (Å²) in [7, 11) is -3.67. The molecule has 0 radical (unpaired) electrons. The number of ether oxygens (including phenoxy) is 1. The van der Waals surface area contributed by atoms with E-state index in [1.165, 1.54) is 44.9 Å². The minimum atomic E-state index is -3.67. The quantitative estimate of drug-likeness (QED) is 0.353. The van der Waals surface area contributed by atoms with Gasteiger partial charge < -0.3 is 4.74 Å². The highest BCUT2D eigenvalue weighted by Crippen LogP contribution is 2.13. The Kier molecular flexibility index (Phi) is 11.0. The second kappa shape index (κ2) is 12.5. The van der Waals surface area contributed by atoms with E-state index < -0.39 is 10.1 Å². The van der Waals surface area contributed by atoms with Crippen LogP contribution in [-0.2, 0) is 19.0 Å². The SMILES string of the molecule is CCCCCCCCCCOCCOS(=O)(=O)c1ccc(C)cc1. The van der Waals surface area contributed by atoms with Crippen LogP contribution in [0.25, 0.3) is 0 Å². The van der Waals surface area contributed by atoms with Gasteiger partial charge in [-0.15, -0.1) is 0 Å². The number of unbranched alkanes of at least 4 members (excludes halogenated alkanes) is 7. The fraction of sp³-hybridized carbons (Fsp3) is 0.684. The average molecular weight is 357 g/mol. The largest absolute Gasteiger partial charge is 0.379 e. The van der Waals surface area contributed by atoms with Gasteiger partial charge in [0.1, 0.15) is 0 Å². The van der Waals surface area contributed by atoms with Crippen molar-refractivity contribution in [1.29, 1.82) is 0 Å². The van der Waals surface area contributed by atoms with Crippen LogP contribution in [0.2, 0.25) is 0 Å². The number of hydrogen-bond donors (Lipinski definition) is 0. The summed E-state index contributed by atoms with van der Waals surface area (Å²) < 4.78 is 34.3. The molecule has 0 bridgehead atoms. The van der Waals surface area contributed by atoms with Crippen LogP contribution in [0.5, 0.6) is 0 Å². The molecule has 4 nitrogen and oxygen atoms in total. The topological polar surface area (TPSA) is 52.6 Å². The van der Waals surface area contributed by atoms with E-state index in [-0.39, 0.29) is 11.5 Å². The van der Waals surface area contributed by atoms with Crippen molar-refractivity contribution < 1.29 is 17.3 Å². The third-order valence-electron chi connectivity index (χ3n) is 3.92. The Morgan fingerprint density at radius 1 is 0.792 bits per heavy atom. The summed E-state index contributed by atoms with van der Waals surface area (Å²) in [6, 6.07) is 6.64. The summed E-state index contributed by atoms with van der Waals surface area (Å²) in [5.41, 5.74) is 1.02. The van der Waals surface area contributed by atoms with Gasteiger partial charge in [-0.3, -0.25) is 4.18 Å². The number of benzene rings is 1. The van der Waals surface area contributed by atoms with Crippen molar-refractivity contribution in [1.82, 2.24) is 0 Å². The number of hydrogen-bond acceptors (Lipinski definition) is 4. The van der Waals surface area contributed by atoms with Gasteiger partial charge >= 0.3 is 0 Å². The fourth-order valence-corrected chi connectivity index (χ4v) is 3.31. The van der Waals surface area contributed by atoms with Gasteiger partial charge in [-0.05, 0) is 25.5 Å². The second-order valence-corrected chi connectivity index (χ2v) is 7.79. The lowest BCUT2D eigenvalue weighted by molar-refractivity contribution is 0.0989. The molecule has 24 heavy (non-hydrogen) atoms. The van der Waals surface area contributed by atoms with Crippen LogP contribution in [0.15, 0.2) is 29.2 Å². The number of aryl methyl sites for hydroxylation is 1. The average Bonchev–Trinajstić information content (AvgIpc) is 2.56. The van der Waals surface area contributed by atoms with Crippen LogP contribution in [-0.4, -0.2) is 28.2 Å². The third-order valence-corrected chi connectivity index (χ3v) is 5.24. The standard InChI is InChI=1S/C19H32O4S/c1-3-4-5-6-7-8-9-10-15-22-16-17-23-24(20,21)19-13-11-18(2)12-14-19/h11-14H,3-10,15-17H2,1-2H3. The summed E-state index contributed by atoms with van der Waals surface area (Å²) in [4.78, 5) is 0.191. The Labute approximate surface area is 147 Å². The lowest BCUT2D eigenvalue weighted by Gasteiger charge is -2.07. The molecule has 0 spiro atoms. The first kappa shape index (κ1) is 21.1. The zero-order valence-corrected chi connectivity index (χ0v) is 15.9. The van der Waals surface area contributed by atoms with Crippen molar-refractivity contribution in [3.05, 3.63) is 29.8 Å². The summed E-state index contributed by atoms with van der Waals surface area (Å²) in [5, 5.41) is 0. The van der Waals surface area contributed by atoms with Crippen LogP contribution in [0.3, 0.4) is 0 Å². The normalized spacial score (nSPS) is 11.8. The second-order valence-electron chi connectivity index (χ2n) is 6.18. The highest BCUT2D eigenvalue weighted by molar-refractivity contribution is 7.86. The molecule has 1 rings (SSSR count). The molecule has 0 aliphatic rings. The van der Waals surface area contributed by atoms with Gasteiger partial charge in [0.25, 0.3) is 10.1 Å². The van der Waals surface area contributed by atoms with Gasteiger partial charge in [-0.2, -0.15) is 8.42 Å². The van der Waals surface area contributed by atoms with Crippen LogP contribution in [0, 0.1) is 6.92 Å². The Balaban J connectivity index is 2.01. The zero-order chi connectivity index (χ0) is 17.7. The first-order chi connectivity index (χ1) is 11.6. The molecule has 0 N–H and O–H groups in total. The van der Waals surface area contributed by atoms with Crippen molar-refractivity contribution in [2.75, 3.05) is 19.8 Å². The molecule has 0 fully saturated rings. The smallest absolute Gasteiger partial charge is 0.297 e. The Hall–Kier alpha value is -0.910. The maximum absolute atomic E-state index is 11.9. The molecule has 0 aliphatic carbocycles. The van der Waals surface area contributed by atoms with Crippen LogP contribution >= 0.6 is 0 Å². The van der Waals surface area contributed by atoms with Gasteiger partial charge in [-0.1, -0.05) is 69.6 Å². The van der Waals surface area contributed by atoms with Gasteiger partial charge in [0.05, 0.1) is 18.1 Å². The highest BCUT2D eigenvalue weighted by atomic mass is 32.2. The highest BCUT2D eigenvalue weighted by Gasteiger charge is 2.14. The first-order valence-electron chi connectivity index (χ1n) is 9.10. The van der Waals surface area contributed by atoms with E-state index in [0.717, 1.165) is 12.0 Å². The summed E-state index contributed by atoms with van der Waals surface area (Å²) in [6.45, 7) is 5.18. The first-order valence-corrected chi connectivity index (χ1v) is 10.5. The molecule has 1 aromatic rings. The van der Waals surface area contributed by atoms with Crippen LogP contribution in [0.4, 0.5) is 0 Å². The fourth-order valence-electron chi connectivity index (χ4n) is 2.42. The van der Waals surface area contributed by atoms with E-state index in [1.54, 1.807) is 24.3 Å². The third kappa shape index (κ3) is 9.40. The zero-order valence-electron chi connectivity index (χ0n) is 15.1. The van der Waals surface area contributed by atoms with Gasteiger partial charge in [0, 0.05) is 6.61 Å². The van der Waals surface area contributed by atoms with Gasteiger partial charge in [0.15, 0.2) is 0 Å². The van der Waals surface area contributed by atoms with E-state index in [9.17, 15) is 8.42 Å². The summed E-state index contributed by atoms with van der Waals surface area (Å²) in [5.74, 6) is 0. The molecule has 0 aliphatic heterocycles. The van der Waals surface area contributed by atoms with Crippen molar-refractivity contribution in [2.45, 2.75) is 70.1 Å². The molecular formula is C19H32O4S. The molecule has 0 heterocycles. The van der Waals surface area contributed by atoms with E-state index in [4.69, 9.17) is 8.92 Å². The molecule has 0 saturated carbocycles. The summed E-state index contributed by atoms with van der Waals surface area (Å²) in [6.07, 6.45) is 10.1. The van der Waals surface area contributed by atoms with E-state index in [1.807, 2.05) is 6.92 Å². The molecule has 0 amide bonds. The van der Waals surface area contributed by atoms with E-state index in [2.05, 4.69) is 6.92 Å².